The molecule has 3 aliphatic rings. The minimum Gasteiger partial charge on any atom is -0.310 e. The minimum absolute atomic E-state index is 0.499. The van der Waals surface area contributed by atoms with Crippen LogP contribution < -0.4 is 4.90 Å². The van der Waals surface area contributed by atoms with Gasteiger partial charge in [0.15, 0.2) is 0 Å². The molecule has 64 heavy (non-hydrogen) atoms. The van der Waals surface area contributed by atoms with Crippen LogP contribution in [0.5, 0.6) is 0 Å². The van der Waals surface area contributed by atoms with Gasteiger partial charge in [0.1, 0.15) is 0 Å². The molecule has 9 aromatic carbocycles. The minimum atomic E-state index is -0.635. The molecule has 0 saturated carbocycles. The normalized spacial score (nSPS) is 18.2. The van der Waals surface area contributed by atoms with Gasteiger partial charge in [-0.25, -0.2) is 0 Å². The van der Waals surface area contributed by atoms with E-state index in [9.17, 15) is 0 Å². The van der Waals surface area contributed by atoms with E-state index >= 15 is 0 Å². The van der Waals surface area contributed by atoms with Gasteiger partial charge in [0.25, 0.3) is 0 Å². The summed E-state index contributed by atoms with van der Waals surface area (Å²) < 4.78 is 2.41. The number of para-hydroxylation sites is 3. The van der Waals surface area contributed by atoms with Crippen molar-refractivity contribution in [2.24, 2.45) is 0 Å². The fraction of sp³-hybridized carbons (Fsp3) is 0.0645. The summed E-state index contributed by atoms with van der Waals surface area (Å²) in [6, 6.07) is 86.1. The van der Waals surface area contributed by atoms with E-state index in [1.807, 2.05) is 0 Å². The molecule has 0 amide bonds. The van der Waals surface area contributed by atoms with Crippen molar-refractivity contribution in [1.29, 1.82) is 0 Å². The average Bonchev–Trinajstić information content (AvgIpc) is 3.87. The van der Waals surface area contributed by atoms with E-state index in [0.29, 0.717) is 0 Å². The zero-order chi connectivity index (χ0) is 42.2. The molecule has 0 saturated heterocycles. The lowest BCUT2D eigenvalue weighted by Crippen LogP contribution is -2.45. The summed E-state index contributed by atoms with van der Waals surface area (Å²) in [4.78, 5) is 2.54. The fourth-order valence-electron chi connectivity index (χ4n) is 12.1. The summed E-state index contributed by atoms with van der Waals surface area (Å²) in [6.07, 6.45) is 6.65. The van der Waals surface area contributed by atoms with Crippen molar-refractivity contribution in [3.05, 3.63) is 293 Å². The lowest BCUT2D eigenvalue weighted by atomic mass is 9.50. The van der Waals surface area contributed by atoms with Crippen LogP contribution in [0.25, 0.3) is 38.6 Å². The van der Waals surface area contributed by atoms with Gasteiger partial charge in [-0.15, -0.1) is 0 Å². The highest BCUT2D eigenvalue weighted by Crippen LogP contribution is 2.66. The summed E-state index contributed by atoms with van der Waals surface area (Å²) in [6.45, 7) is 0. The van der Waals surface area contributed by atoms with E-state index in [1.165, 1.54) is 83.1 Å². The molecule has 302 valence electrons. The molecule has 1 aromatic heterocycles. The first-order valence-corrected chi connectivity index (χ1v) is 22.6. The summed E-state index contributed by atoms with van der Waals surface area (Å²) in [5.74, 6) is 0. The largest absolute Gasteiger partial charge is 0.310 e. The van der Waals surface area contributed by atoms with Gasteiger partial charge in [-0.2, -0.15) is 0 Å². The number of rotatable bonds is 7. The van der Waals surface area contributed by atoms with Crippen molar-refractivity contribution in [3.63, 3.8) is 0 Å². The Balaban J connectivity index is 1.16. The molecule has 2 heteroatoms. The van der Waals surface area contributed by atoms with Crippen molar-refractivity contribution >= 4 is 33.2 Å². The van der Waals surface area contributed by atoms with Crippen molar-refractivity contribution in [1.82, 2.24) is 4.57 Å². The zero-order valence-electron chi connectivity index (χ0n) is 35.4. The molecule has 1 heterocycles. The van der Waals surface area contributed by atoms with Crippen LogP contribution >= 0.6 is 0 Å². The number of fused-ring (bicyclic) bond motifs is 8. The predicted octanol–water partition coefficient (Wildman–Crippen LogP) is 15.2. The second kappa shape index (κ2) is 14.3. The second-order valence-corrected chi connectivity index (χ2v) is 17.4. The van der Waals surface area contributed by atoms with Gasteiger partial charge in [-0.05, 0) is 123 Å². The predicted molar refractivity (Wildman–Crippen MR) is 265 cm³/mol. The Labute approximate surface area is 374 Å². The summed E-state index contributed by atoms with van der Waals surface area (Å²) in [5.41, 5.74) is 19.3. The first-order chi connectivity index (χ1) is 31.8. The first-order valence-electron chi connectivity index (χ1n) is 22.6. The van der Waals surface area contributed by atoms with E-state index in [4.69, 9.17) is 0 Å². The van der Waals surface area contributed by atoms with Crippen LogP contribution in [0.15, 0.2) is 254 Å². The van der Waals surface area contributed by atoms with Crippen molar-refractivity contribution in [3.8, 4) is 16.8 Å². The van der Waals surface area contributed by atoms with Crippen LogP contribution in [-0.2, 0) is 10.8 Å². The molecule has 2 nitrogen and oxygen atoms in total. The average molecular weight is 817 g/mol. The van der Waals surface area contributed by atoms with Gasteiger partial charge in [-0.3, -0.25) is 0 Å². The Bertz CT molecular complexity index is 3490. The molecular weight excluding hydrogens is 773 g/mol. The van der Waals surface area contributed by atoms with E-state index in [-0.39, 0.29) is 0 Å². The van der Waals surface area contributed by atoms with Crippen LogP contribution in [0.3, 0.4) is 0 Å². The number of hydrogen-bond acceptors (Lipinski definition) is 1. The van der Waals surface area contributed by atoms with E-state index < -0.39 is 10.8 Å². The molecule has 0 bridgehead atoms. The molecule has 13 rings (SSSR count). The Morgan fingerprint density at radius 2 is 0.969 bits per heavy atom. The molecule has 0 fully saturated rings. The molecule has 3 aliphatic carbocycles. The van der Waals surface area contributed by atoms with Gasteiger partial charge in [0.05, 0.1) is 21.9 Å². The lowest BCUT2D eigenvalue weighted by Gasteiger charge is -2.51. The highest BCUT2D eigenvalue weighted by atomic mass is 15.2. The van der Waals surface area contributed by atoms with Gasteiger partial charge in [-0.1, -0.05) is 188 Å². The maximum absolute atomic E-state index is 2.54. The molecule has 0 aliphatic heterocycles. The maximum Gasteiger partial charge on any atom is 0.0720 e. The smallest absolute Gasteiger partial charge is 0.0720 e. The Kier molecular flexibility index (Phi) is 8.20. The van der Waals surface area contributed by atoms with Crippen LogP contribution in [0, 0.1) is 0 Å². The molecule has 2 unspecified atom stereocenters. The standard InChI is InChI=1S/C62H44N2/c1-5-22-43(23-6-1)61(53-34-16-17-35-54(53)62(44-24-7-2-8-25-44)52-33-15-13-30-48(52)50-32-21-37-56(61)60(50)62)55-36-18-20-39-59(55)63(45-26-9-3-10-27-45)47-40-41-58-51(42-47)49-31-14-19-38-57(49)64(58)46-28-11-4-12-29-46/h1-17,19-35,37-42H,18,36H2. The Hall–Kier alpha value is -7.94. The monoisotopic (exact) mass is 816 g/mol. The van der Waals surface area contributed by atoms with Crippen molar-refractivity contribution < 1.29 is 0 Å². The number of aromatic nitrogens is 1. The fourth-order valence-corrected chi connectivity index (χ4v) is 12.1. The summed E-state index contributed by atoms with van der Waals surface area (Å²) in [5, 5.41) is 2.47. The van der Waals surface area contributed by atoms with Gasteiger partial charge < -0.3 is 9.47 Å². The SMILES string of the molecule is C1=CC(N(c2ccccc2)c2ccc3c(c2)c2ccccc2n3-c2ccccc2)=C(C2(c3ccccc3)c3ccccc3C3(c4ccccc4)c4ccccc4-c4cccc2c43)CC1. The van der Waals surface area contributed by atoms with Gasteiger partial charge >= 0.3 is 0 Å². The third-order valence-electron chi connectivity index (χ3n) is 14.4. The lowest BCUT2D eigenvalue weighted by molar-refractivity contribution is 0.592. The highest BCUT2D eigenvalue weighted by molar-refractivity contribution is 6.10. The quantitative estimate of drug-likeness (QED) is 0.156. The van der Waals surface area contributed by atoms with Crippen LogP contribution in [0.2, 0.25) is 0 Å². The number of anilines is 2. The third-order valence-corrected chi connectivity index (χ3v) is 14.4. The topological polar surface area (TPSA) is 8.17 Å². The van der Waals surface area contributed by atoms with E-state index in [0.717, 1.165) is 29.9 Å². The van der Waals surface area contributed by atoms with Crippen molar-refractivity contribution in [2.45, 2.75) is 23.7 Å². The Morgan fingerprint density at radius 1 is 0.406 bits per heavy atom. The molecular formula is C62H44N2. The van der Waals surface area contributed by atoms with Crippen LogP contribution in [0.1, 0.15) is 51.8 Å². The second-order valence-electron chi connectivity index (χ2n) is 17.4. The molecule has 0 N–H and O–H groups in total. The van der Waals surface area contributed by atoms with Gasteiger partial charge in [0, 0.05) is 33.5 Å². The Morgan fingerprint density at radius 3 is 1.72 bits per heavy atom. The zero-order valence-corrected chi connectivity index (χ0v) is 35.4. The third kappa shape index (κ3) is 4.97. The van der Waals surface area contributed by atoms with E-state index in [1.54, 1.807) is 0 Å². The molecule has 10 aromatic rings. The molecule has 2 atom stereocenters. The number of allylic oxidation sites excluding steroid dienone is 3. The molecule has 0 spiro atoms. The number of hydrogen-bond donors (Lipinski definition) is 0. The van der Waals surface area contributed by atoms with E-state index in [2.05, 4.69) is 252 Å². The number of benzene rings is 9. The van der Waals surface area contributed by atoms with Crippen molar-refractivity contribution in [2.75, 3.05) is 4.90 Å². The summed E-state index contributed by atoms with van der Waals surface area (Å²) in [7, 11) is 0. The summed E-state index contributed by atoms with van der Waals surface area (Å²) >= 11 is 0. The highest BCUT2D eigenvalue weighted by Gasteiger charge is 2.58. The van der Waals surface area contributed by atoms with Crippen LogP contribution in [-0.4, -0.2) is 4.57 Å². The van der Waals surface area contributed by atoms with Gasteiger partial charge in [0.2, 0.25) is 0 Å². The number of nitrogens with zero attached hydrogens (tertiary/aromatic N) is 2. The van der Waals surface area contributed by atoms with Crippen LogP contribution in [0.4, 0.5) is 11.4 Å². The first kappa shape index (κ1) is 36.7. The maximum atomic E-state index is 2.54. The molecule has 0 radical (unpaired) electrons.